The van der Waals surface area contributed by atoms with Gasteiger partial charge in [0.2, 0.25) is 0 Å². The number of carboxylic acid groups (broad SMARTS) is 1. The Morgan fingerprint density at radius 3 is 2.89 bits per heavy atom. The smallest absolute Gasteiger partial charge is 0.412 e. The molecule has 0 spiro atoms. The number of aliphatic carboxylic acids is 1. The van der Waals surface area contributed by atoms with Crippen LogP contribution >= 0.6 is 11.3 Å². The van der Waals surface area contributed by atoms with Crippen LogP contribution in [-0.2, 0) is 17.6 Å². The van der Waals surface area contributed by atoms with Gasteiger partial charge < -0.3 is 14.8 Å². The number of hydrogen-bond acceptors (Lipinski definition) is 4. The molecular formula is C26H25F3N2O3S. The molecule has 0 radical (unpaired) electrons. The Balaban J connectivity index is 1.31. The molecule has 2 aromatic heterocycles. The maximum Gasteiger partial charge on any atom is 0.412 e. The molecule has 5 nitrogen and oxygen atoms in total. The molecule has 184 valence electrons. The number of aryl methyl sites for hydroxylation is 1. The minimum absolute atomic E-state index is 0.0419. The lowest BCUT2D eigenvalue weighted by molar-refractivity contribution is -0.136. The number of benzene rings is 1. The van der Waals surface area contributed by atoms with E-state index in [-0.39, 0.29) is 12.3 Å². The normalized spacial score (nSPS) is 20.3. The number of aromatic amines is 1. The summed E-state index contributed by atoms with van der Waals surface area (Å²) in [7, 11) is 0. The summed E-state index contributed by atoms with van der Waals surface area (Å²) in [5, 5.41) is 10.7. The molecule has 0 aliphatic heterocycles. The Labute approximate surface area is 204 Å². The summed E-state index contributed by atoms with van der Waals surface area (Å²) in [5.74, 6) is -0.655. The van der Waals surface area contributed by atoms with Gasteiger partial charge in [0.15, 0.2) is 0 Å². The lowest BCUT2D eigenvalue weighted by atomic mass is 9.88. The summed E-state index contributed by atoms with van der Waals surface area (Å²) < 4.78 is 45.6. The highest BCUT2D eigenvalue weighted by Gasteiger charge is 2.38. The third-order valence-electron chi connectivity index (χ3n) is 6.73. The van der Waals surface area contributed by atoms with Gasteiger partial charge in [0.05, 0.1) is 18.7 Å². The van der Waals surface area contributed by atoms with Gasteiger partial charge in [-0.05, 0) is 54.9 Å². The van der Waals surface area contributed by atoms with Crippen molar-refractivity contribution in [2.75, 3.05) is 6.61 Å². The largest absolute Gasteiger partial charge is 0.493 e. The first kappa shape index (κ1) is 23.7. The van der Waals surface area contributed by atoms with E-state index < -0.39 is 23.6 Å². The van der Waals surface area contributed by atoms with Crippen molar-refractivity contribution >= 4 is 33.8 Å². The van der Waals surface area contributed by atoms with Gasteiger partial charge in [-0.25, -0.2) is 4.98 Å². The Bertz CT molecular complexity index is 1340. The van der Waals surface area contributed by atoms with Crippen LogP contribution in [-0.4, -0.2) is 33.8 Å². The number of ether oxygens (including phenoxy) is 1. The first-order chi connectivity index (χ1) is 16.7. The fraction of sp³-hybridized carbons (Fsp3) is 0.385. The molecule has 9 heteroatoms. The van der Waals surface area contributed by atoms with E-state index in [1.807, 2.05) is 18.2 Å². The number of nitrogens with zero attached hydrogens (tertiary/aromatic N) is 1. The summed E-state index contributed by atoms with van der Waals surface area (Å²) in [6.45, 7) is 2.07. The van der Waals surface area contributed by atoms with Crippen molar-refractivity contribution in [3.8, 4) is 5.75 Å². The molecule has 2 aliphatic rings. The van der Waals surface area contributed by atoms with Crippen LogP contribution < -0.4 is 4.74 Å². The van der Waals surface area contributed by atoms with Gasteiger partial charge >= 0.3 is 12.1 Å². The SMILES string of the molecule is CC1CC(c2nc3c(s2)CCC[C@@H]3COc2ccc3c(CC(=O)O)c[nH]c3c2)=CC=C1C(F)(F)F. The standard InChI is InChI=1S/C26H25F3N2O3S/c1-14-9-15(5-8-20(14)26(27,28)29)25-31-24-16(3-2-4-22(24)35-25)13-34-18-6-7-19-17(10-23(32)33)12-30-21(19)11-18/h5-8,11-12,14,16,30H,2-4,9-10,13H2,1H3,(H,32,33)/t14?,16-/m1/s1. The number of fused-ring (bicyclic) bond motifs is 2. The first-order valence-corrected chi connectivity index (χ1v) is 12.4. The number of H-pyrrole nitrogens is 1. The van der Waals surface area contributed by atoms with E-state index in [9.17, 15) is 18.0 Å². The number of allylic oxidation sites excluding steroid dienone is 4. The van der Waals surface area contributed by atoms with Crippen LogP contribution in [0.5, 0.6) is 5.75 Å². The second-order valence-electron chi connectivity index (χ2n) is 9.24. The van der Waals surface area contributed by atoms with Gasteiger partial charge in [-0.2, -0.15) is 13.2 Å². The monoisotopic (exact) mass is 502 g/mol. The number of rotatable bonds is 6. The van der Waals surface area contributed by atoms with Crippen LogP contribution in [0.3, 0.4) is 0 Å². The van der Waals surface area contributed by atoms with Crippen molar-refractivity contribution in [3.05, 3.63) is 63.3 Å². The highest BCUT2D eigenvalue weighted by molar-refractivity contribution is 7.12. The zero-order valence-electron chi connectivity index (χ0n) is 19.1. The number of thiazole rings is 1. The van der Waals surface area contributed by atoms with Crippen LogP contribution in [0.1, 0.15) is 53.2 Å². The first-order valence-electron chi connectivity index (χ1n) is 11.6. The number of alkyl halides is 3. The Hall–Kier alpha value is -3.07. The number of carboxylic acids is 1. The summed E-state index contributed by atoms with van der Waals surface area (Å²) in [5.41, 5.74) is 2.93. The van der Waals surface area contributed by atoms with E-state index in [1.54, 1.807) is 30.5 Å². The molecule has 35 heavy (non-hydrogen) atoms. The van der Waals surface area contributed by atoms with Crippen molar-refractivity contribution < 1.29 is 27.8 Å². The number of aromatic nitrogens is 2. The van der Waals surface area contributed by atoms with Gasteiger partial charge in [-0.15, -0.1) is 11.3 Å². The second kappa shape index (κ2) is 9.18. The second-order valence-corrected chi connectivity index (χ2v) is 10.3. The summed E-state index contributed by atoms with van der Waals surface area (Å²) in [6.07, 6.45) is 3.36. The van der Waals surface area contributed by atoms with E-state index in [0.717, 1.165) is 52.0 Å². The van der Waals surface area contributed by atoms with Crippen LogP contribution in [0.2, 0.25) is 0 Å². The average Bonchev–Trinajstić information content (AvgIpc) is 3.41. The third kappa shape index (κ3) is 4.87. The molecular weight excluding hydrogens is 477 g/mol. The molecule has 1 aromatic carbocycles. The number of hydrogen-bond donors (Lipinski definition) is 2. The Morgan fingerprint density at radius 2 is 2.14 bits per heavy atom. The quantitative estimate of drug-likeness (QED) is 0.395. The number of nitrogens with one attached hydrogen (secondary N) is 1. The highest BCUT2D eigenvalue weighted by atomic mass is 32.1. The Kier molecular flexibility index (Phi) is 6.21. The zero-order valence-corrected chi connectivity index (χ0v) is 19.9. The predicted molar refractivity (Wildman–Crippen MR) is 129 cm³/mol. The molecule has 2 aliphatic carbocycles. The molecule has 3 aromatic rings. The topological polar surface area (TPSA) is 75.2 Å². The van der Waals surface area contributed by atoms with E-state index in [0.29, 0.717) is 18.8 Å². The molecule has 0 fully saturated rings. The molecule has 5 rings (SSSR count). The predicted octanol–water partition coefficient (Wildman–Crippen LogP) is 6.66. The number of carbonyl (C=O) groups is 1. The summed E-state index contributed by atoms with van der Waals surface area (Å²) in [6, 6.07) is 5.58. The maximum atomic E-state index is 13.2. The zero-order chi connectivity index (χ0) is 24.7. The maximum absolute atomic E-state index is 13.2. The average molecular weight is 503 g/mol. The minimum Gasteiger partial charge on any atom is -0.493 e. The molecule has 0 saturated carbocycles. The molecule has 2 atom stereocenters. The van der Waals surface area contributed by atoms with Crippen LogP contribution in [0.4, 0.5) is 13.2 Å². The van der Waals surface area contributed by atoms with Gasteiger partial charge in [0.1, 0.15) is 10.8 Å². The molecule has 2 N–H and O–H groups in total. The van der Waals surface area contributed by atoms with Crippen LogP contribution in [0.25, 0.3) is 16.5 Å². The van der Waals surface area contributed by atoms with Gasteiger partial charge in [-0.3, -0.25) is 4.79 Å². The van der Waals surface area contributed by atoms with Gasteiger partial charge in [0, 0.05) is 39.5 Å². The van der Waals surface area contributed by atoms with E-state index in [1.165, 1.54) is 11.0 Å². The van der Waals surface area contributed by atoms with Gasteiger partial charge in [0.25, 0.3) is 0 Å². The molecule has 0 amide bonds. The van der Waals surface area contributed by atoms with E-state index in [4.69, 9.17) is 14.8 Å². The molecule has 0 saturated heterocycles. The fourth-order valence-corrected chi connectivity index (χ4v) is 6.19. The summed E-state index contributed by atoms with van der Waals surface area (Å²) in [4.78, 5) is 20.2. The van der Waals surface area contributed by atoms with Crippen molar-refractivity contribution in [3.63, 3.8) is 0 Å². The lowest BCUT2D eigenvalue weighted by Crippen LogP contribution is -2.20. The highest BCUT2D eigenvalue weighted by Crippen LogP contribution is 2.43. The van der Waals surface area contributed by atoms with Crippen molar-refractivity contribution in [2.24, 2.45) is 5.92 Å². The molecule has 1 unspecified atom stereocenters. The van der Waals surface area contributed by atoms with Crippen molar-refractivity contribution in [1.29, 1.82) is 0 Å². The van der Waals surface area contributed by atoms with Crippen molar-refractivity contribution in [2.45, 2.75) is 51.1 Å². The van der Waals surface area contributed by atoms with Crippen LogP contribution in [0, 0.1) is 5.92 Å². The summed E-state index contributed by atoms with van der Waals surface area (Å²) >= 11 is 1.59. The van der Waals surface area contributed by atoms with E-state index >= 15 is 0 Å². The van der Waals surface area contributed by atoms with Gasteiger partial charge in [-0.1, -0.05) is 19.1 Å². The fourth-order valence-electron chi connectivity index (χ4n) is 4.96. The lowest BCUT2D eigenvalue weighted by Gasteiger charge is -2.22. The molecule has 0 bridgehead atoms. The minimum atomic E-state index is -4.30. The third-order valence-corrected chi connectivity index (χ3v) is 7.93. The van der Waals surface area contributed by atoms with Crippen molar-refractivity contribution in [1.82, 2.24) is 9.97 Å². The Morgan fingerprint density at radius 1 is 1.31 bits per heavy atom. The molecule has 2 heterocycles. The van der Waals surface area contributed by atoms with Crippen LogP contribution in [0.15, 0.2) is 42.1 Å². The number of halogens is 3. The van der Waals surface area contributed by atoms with E-state index in [2.05, 4.69) is 4.98 Å².